The fourth-order valence-electron chi connectivity index (χ4n) is 1.47. The molecule has 76 valence electrons. The summed E-state index contributed by atoms with van der Waals surface area (Å²) >= 11 is 0. The summed E-state index contributed by atoms with van der Waals surface area (Å²) in [6.45, 7) is 1.86. The van der Waals surface area contributed by atoms with Crippen molar-refractivity contribution in [3.8, 4) is 12.3 Å². The van der Waals surface area contributed by atoms with Gasteiger partial charge < -0.3 is 4.74 Å². The van der Waals surface area contributed by atoms with Gasteiger partial charge in [0.2, 0.25) is 0 Å². The summed E-state index contributed by atoms with van der Waals surface area (Å²) in [7, 11) is 0. The zero-order chi connectivity index (χ0) is 10.6. The molecule has 0 aromatic heterocycles. The second-order valence-electron chi connectivity index (χ2n) is 3.12. The smallest absolute Gasteiger partial charge is 0.255 e. The van der Waals surface area contributed by atoms with Crippen LogP contribution in [0.1, 0.15) is 19.8 Å². The van der Waals surface area contributed by atoms with Crippen LogP contribution < -0.4 is 0 Å². The Morgan fingerprint density at radius 3 is 2.50 bits per heavy atom. The van der Waals surface area contributed by atoms with E-state index in [2.05, 4.69) is 5.92 Å². The molecule has 0 spiro atoms. The minimum Gasteiger partial charge on any atom is -0.362 e. The molecule has 1 fully saturated rings. The summed E-state index contributed by atoms with van der Waals surface area (Å²) in [6, 6.07) is -0.177. The van der Waals surface area contributed by atoms with E-state index >= 15 is 0 Å². The summed E-state index contributed by atoms with van der Waals surface area (Å²) in [5.74, 6) is 1.89. The number of ether oxygens (including phenoxy) is 1. The van der Waals surface area contributed by atoms with E-state index in [1.165, 1.54) is 4.90 Å². The van der Waals surface area contributed by atoms with E-state index in [1.54, 1.807) is 0 Å². The third-order valence-electron chi connectivity index (χ3n) is 2.18. The van der Waals surface area contributed by atoms with E-state index in [0.29, 0.717) is 12.8 Å². The van der Waals surface area contributed by atoms with Crippen molar-refractivity contribution in [2.75, 3.05) is 13.2 Å². The Bertz CT molecular complexity index is 264. The summed E-state index contributed by atoms with van der Waals surface area (Å²) in [5, 5.41) is 0. The molecule has 1 atom stereocenters. The predicted octanol–water partition coefficient (Wildman–Crippen LogP) is 0.174. The fraction of sp³-hybridized carbons (Fsp3) is 0.600. The molecular weight excluding hydrogens is 182 g/mol. The minimum absolute atomic E-state index is 0.0210. The molecule has 4 nitrogen and oxygen atoms in total. The first-order valence-electron chi connectivity index (χ1n) is 4.56. The molecule has 1 rings (SSSR count). The van der Waals surface area contributed by atoms with E-state index in [4.69, 9.17) is 11.2 Å². The first kappa shape index (κ1) is 10.7. The Balaban J connectivity index is 2.75. The van der Waals surface area contributed by atoms with E-state index < -0.39 is 0 Å². The number of imide groups is 1. The van der Waals surface area contributed by atoms with Crippen LogP contribution in [0.15, 0.2) is 0 Å². The first-order valence-corrected chi connectivity index (χ1v) is 4.56. The molecule has 4 heteroatoms. The number of rotatable bonds is 3. The van der Waals surface area contributed by atoms with Crippen LogP contribution in [0.2, 0.25) is 0 Å². The molecule has 1 aliphatic rings. The number of hydrogen-bond acceptors (Lipinski definition) is 3. The van der Waals surface area contributed by atoms with Gasteiger partial charge in [0.05, 0.1) is 6.04 Å². The number of morpholine rings is 1. The van der Waals surface area contributed by atoms with Gasteiger partial charge in [0.25, 0.3) is 11.8 Å². The summed E-state index contributed by atoms with van der Waals surface area (Å²) < 4.78 is 4.80. The van der Waals surface area contributed by atoms with Crippen LogP contribution in [0.5, 0.6) is 0 Å². The average Bonchev–Trinajstić information content (AvgIpc) is 2.16. The Hall–Kier alpha value is -1.34. The van der Waals surface area contributed by atoms with Gasteiger partial charge >= 0.3 is 0 Å². The van der Waals surface area contributed by atoms with Crippen molar-refractivity contribution in [3.63, 3.8) is 0 Å². The summed E-state index contributed by atoms with van der Waals surface area (Å²) in [4.78, 5) is 24.0. The SMILES string of the molecule is C#CCC(CC)N1C(=O)COCC1=O. The zero-order valence-corrected chi connectivity index (χ0v) is 8.16. The number of carbonyl (C=O) groups excluding carboxylic acids is 2. The van der Waals surface area contributed by atoms with Crippen molar-refractivity contribution >= 4 is 11.8 Å². The molecule has 1 heterocycles. The van der Waals surface area contributed by atoms with Gasteiger partial charge in [-0.05, 0) is 6.42 Å². The van der Waals surface area contributed by atoms with Gasteiger partial charge in [0, 0.05) is 6.42 Å². The maximum Gasteiger partial charge on any atom is 0.255 e. The fourth-order valence-corrected chi connectivity index (χ4v) is 1.47. The topological polar surface area (TPSA) is 46.6 Å². The highest BCUT2D eigenvalue weighted by Gasteiger charge is 2.31. The predicted molar refractivity (Wildman–Crippen MR) is 50.2 cm³/mol. The van der Waals surface area contributed by atoms with Crippen LogP contribution in [0.3, 0.4) is 0 Å². The van der Waals surface area contributed by atoms with E-state index in [0.717, 1.165) is 0 Å². The zero-order valence-electron chi connectivity index (χ0n) is 8.16. The van der Waals surface area contributed by atoms with E-state index in [-0.39, 0.29) is 31.1 Å². The highest BCUT2D eigenvalue weighted by atomic mass is 16.5. The lowest BCUT2D eigenvalue weighted by molar-refractivity contribution is -0.161. The van der Waals surface area contributed by atoms with Crippen LogP contribution in [0.25, 0.3) is 0 Å². The van der Waals surface area contributed by atoms with Crippen LogP contribution in [0, 0.1) is 12.3 Å². The van der Waals surface area contributed by atoms with Gasteiger partial charge in [-0.25, -0.2) is 0 Å². The quantitative estimate of drug-likeness (QED) is 0.476. The van der Waals surface area contributed by atoms with Crippen LogP contribution in [0.4, 0.5) is 0 Å². The highest BCUT2D eigenvalue weighted by molar-refractivity contribution is 5.98. The van der Waals surface area contributed by atoms with E-state index in [1.807, 2.05) is 6.92 Å². The summed E-state index contributed by atoms with van der Waals surface area (Å²) in [5.41, 5.74) is 0. The third-order valence-corrected chi connectivity index (χ3v) is 2.18. The largest absolute Gasteiger partial charge is 0.362 e. The first-order chi connectivity index (χ1) is 6.70. The molecule has 0 radical (unpaired) electrons. The van der Waals surface area contributed by atoms with Gasteiger partial charge in [-0.15, -0.1) is 12.3 Å². The molecule has 0 bridgehead atoms. The molecule has 0 saturated carbocycles. The van der Waals surface area contributed by atoms with Gasteiger partial charge in [-0.1, -0.05) is 6.92 Å². The maximum atomic E-state index is 11.4. The molecule has 0 N–H and O–H groups in total. The number of carbonyl (C=O) groups is 2. The summed E-state index contributed by atoms with van der Waals surface area (Å²) in [6.07, 6.45) is 6.26. The molecule has 0 aliphatic carbocycles. The monoisotopic (exact) mass is 195 g/mol. The Labute approximate surface area is 83.2 Å². The van der Waals surface area contributed by atoms with Gasteiger partial charge in [-0.3, -0.25) is 14.5 Å². The lowest BCUT2D eigenvalue weighted by Gasteiger charge is -2.31. The lowest BCUT2D eigenvalue weighted by atomic mass is 10.1. The molecule has 0 aromatic carbocycles. The molecule has 1 saturated heterocycles. The van der Waals surface area contributed by atoms with Crippen molar-refractivity contribution in [1.82, 2.24) is 4.90 Å². The number of nitrogens with zero attached hydrogens (tertiary/aromatic N) is 1. The second-order valence-corrected chi connectivity index (χ2v) is 3.12. The third kappa shape index (κ3) is 2.12. The number of hydrogen-bond donors (Lipinski definition) is 0. The van der Waals surface area contributed by atoms with Crippen molar-refractivity contribution in [2.24, 2.45) is 0 Å². The lowest BCUT2D eigenvalue weighted by Crippen LogP contribution is -2.51. The van der Waals surface area contributed by atoms with Crippen LogP contribution in [-0.4, -0.2) is 36.0 Å². The van der Waals surface area contributed by atoms with Crippen LogP contribution >= 0.6 is 0 Å². The molecule has 2 amide bonds. The molecule has 1 unspecified atom stereocenters. The van der Waals surface area contributed by atoms with Crippen LogP contribution in [-0.2, 0) is 14.3 Å². The van der Waals surface area contributed by atoms with Gasteiger partial charge in [0.15, 0.2) is 0 Å². The Kier molecular flexibility index (Phi) is 3.66. The minimum atomic E-state index is -0.289. The average molecular weight is 195 g/mol. The second kappa shape index (κ2) is 4.77. The van der Waals surface area contributed by atoms with Gasteiger partial charge in [-0.2, -0.15) is 0 Å². The Morgan fingerprint density at radius 2 is 2.07 bits per heavy atom. The molecule has 0 aromatic rings. The maximum absolute atomic E-state index is 11.4. The van der Waals surface area contributed by atoms with Crippen molar-refractivity contribution in [1.29, 1.82) is 0 Å². The number of amides is 2. The molecular formula is C10H13NO3. The van der Waals surface area contributed by atoms with Crippen molar-refractivity contribution in [3.05, 3.63) is 0 Å². The normalized spacial score (nSPS) is 19.3. The van der Waals surface area contributed by atoms with Gasteiger partial charge in [0.1, 0.15) is 13.2 Å². The highest BCUT2D eigenvalue weighted by Crippen LogP contribution is 2.12. The molecule has 14 heavy (non-hydrogen) atoms. The van der Waals surface area contributed by atoms with E-state index in [9.17, 15) is 9.59 Å². The number of terminal acetylenes is 1. The Morgan fingerprint density at radius 1 is 1.50 bits per heavy atom. The van der Waals surface area contributed by atoms with Crippen molar-refractivity contribution < 1.29 is 14.3 Å². The van der Waals surface area contributed by atoms with Crippen molar-refractivity contribution in [2.45, 2.75) is 25.8 Å². The standard InChI is InChI=1S/C10H13NO3/c1-3-5-8(4-2)11-9(12)6-14-7-10(11)13/h1,8H,4-7H2,2H3. The molecule has 1 aliphatic heterocycles.